The monoisotopic (exact) mass is 216 g/mol. The third-order valence-corrected chi connectivity index (χ3v) is 1.89. The van der Waals surface area contributed by atoms with E-state index < -0.39 is 11.9 Å². The predicted molar refractivity (Wildman–Crippen MR) is 53.7 cm³/mol. The van der Waals surface area contributed by atoms with Gasteiger partial charge in [-0.3, -0.25) is 4.79 Å². The van der Waals surface area contributed by atoms with Crippen LogP contribution < -0.4 is 11.1 Å². The molecule has 0 aromatic heterocycles. The Hall–Kier alpha value is -1.13. The molecule has 0 unspecified atom stereocenters. The predicted octanol–water partition coefficient (Wildman–Crippen LogP) is 1.76. The van der Waals surface area contributed by atoms with Crippen LogP contribution in [-0.4, -0.2) is 11.9 Å². The second-order valence-electron chi connectivity index (χ2n) is 2.91. The van der Waals surface area contributed by atoms with E-state index in [4.69, 9.17) is 17.3 Å². The maximum absolute atomic E-state index is 12.7. The van der Waals surface area contributed by atoms with E-state index in [9.17, 15) is 9.18 Å². The van der Waals surface area contributed by atoms with Gasteiger partial charge in [-0.2, -0.15) is 0 Å². The zero-order valence-electron chi connectivity index (χ0n) is 7.55. The summed E-state index contributed by atoms with van der Waals surface area (Å²) in [5, 5.41) is 2.46. The van der Waals surface area contributed by atoms with Gasteiger partial charge in [0.2, 0.25) is 5.91 Å². The van der Waals surface area contributed by atoms with Crippen molar-refractivity contribution in [2.24, 2.45) is 5.73 Å². The van der Waals surface area contributed by atoms with Crippen molar-refractivity contribution in [1.82, 2.24) is 0 Å². The number of carbonyl (C=O) groups is 1. The fourth-order valence-corrected chi connectivity index (χ4v) is 1.01. The number of hydrogen-bond acceptors (Lipinski definition) is 2. The van der Waals surface area contributed by atoms with Crippen LogP contribution in [0.1, 0.15) is 6.92 Å². The number of amides is 1. The highest BCUT2D eigenvalue weighted by Crippen LogP contribution is 2.19. The highest BCUT2D eigenvalue weighted by molar-refractivity contribution is 6.31. The molecule has 0 spiro atoms. The number of hydrogen-bond donors (Lipinski definition) is 2. The third kappa shape index (κ3) is 2.68. The third-order valence-electron chi connectivity index (χ3n) is 1.60. The lowest BCUT2D eigenvalue weighted by Gasteiger charge is -2.07. The molecule has 0 aliphatic rings. The van der Waals surface area contributed by atoms with E-state index in [-0.39, 0.29) is 10.9 Å². The van der Waals surface area contributed by atoms with Gasteiger partial charge in [0.25, 0.3) is 0 Å². The summed E-state index contributed by atoms with van der Waals surface area (Å²) < 4.78 is 12.7. The van der Waals surface area contributed by atoms with Crippen molar-refractivity contribution in [3.05, 3.63) is 29.0 Å². The number of carbonyl (C=O) groups excluding carboxylic acids is 1. The van der Waals surface area contributed by atoms with Crippen molar-refractivity contribution < 1.29 is 9.18 Å². The molecule has 1 rings (SSSR count). The lowest BCUT2D eigenvalue weighted by molar-refractivity contribution is -0.117. The van der Waals surface area contributed by atoms with Gasteiger partial charge in [0.05, 0.1) is 11.1 Å². The lowest BCUT2D eigenvalue weighted by Crippen LogP contribution is -2.32. The standard InChI is InChI=1S/C9H10ClFN2O/c1-5(12)9(14)13-6-2-3-8(11)7(10)4-6/h2-5H,12H2,1H3,(H,13,14)/t5-/m1/s1. The largest absolute Gasteiger partial charge is 0.325 e. The molecule has 0 radical (unpaired) electrons. The van der Waals surface area contributed by atoms with Crippen LogP contribution in [0.5, 0.6) is 0 Å². The van der Waals surface area contributed by atoms with Crippen LogP contribution in [0.2, 0.25) is 5.02 Å². The van der Waals surface area contributed by atoms with Gasteiger partial charge in [0, 0.05) is 5.69 Å². The minimum atomic E-state index is -0.612. The average molecular weight is 217 g/mol. The maximum atomic E-state index is 12.7. The molecule has 0 saturated carbocycles. The van der Waals surface area contributed by atoms with E-state index in [1.807, 2.05) is 0 Å². The molecule has 1 aromatic rings. The van der Waals surface area contributed by atoms with Crippen LogP contribution in [0.3, 0.4) is 0 Å². The summed E-state index contributed by atoms with van der Waals surface area (Å²) in [6.45, 7) is 1.56. The Balaban J connectivity index is 2.78. The summed E-state index contributed by atoms with van der Waals surface area (Å²) in [5.74, 6) is -0.863. The van der Waals surface area contributed by atoms with Crippen LogP contribution in [-0.2, 0) is 4.79 Å². The molecule has 76 valence electrons. The summed E-state index contributed by atoms with van der Waals surface area (Å²) in [6, 6.07) is 3.32. The first-order valence-corrected chi connectivity index (χ1v) is 4.40. The van der Waals surface area contributed by atoms with Gasteiger partial charge in [-0.15, -0.1) is 0 Å². The minimum absolute atomic E-state index is 0.0347. The number of anilines is 1. The van der Waals surface area contributed by atoms with Crippen molar-refractivity contribution in [3.8, 4) is 0 Å². The Labute approximate surface area is 86.0 Å². The van der Waals surface area contributed by atoms with Crippen LogP contribution in [0, 0.1) is 5.82 Å². The van der Waals surface area contributed by atoms with Gasteiger partial charge in [-0.25, -0.2) is 4.39 Å². The molecule has 14 heavy (non-hydrogen) atoms. The van der Waals surface area contributed by atoms with Gasteiger partial charge in [0.1, 0.15) is 5.82 Å². The van der Waals surface area contributed by atoms with Gasteiger partial charge in [0.15, 0.2) is 0 Å². The number of nitrogens with one attached hydrogen (secondary N) is 1. The molecule has 1 aromatic carbocycles. The van der Waals surface area contributed by atoms with Gasteiger partial charge >= 0.3 is 0 Å². The zero-order chi connectivity index (χ0) is 10.7. The van der Waals surface area contributed by atoms with Gasteiger partial charge in [-0.05, 0) is 25.1 Å². The second-order valence-corrected chi connectivity index (χ2v) is 3.31. The molecular weight excluding hydrogens is 207 g/mol. The summed E-state index contributed by atoms with van der Waals surface area (Å²) in [7, 11) is 0. The molecule has 0 heterocycles. The minimum Gasteiger partial charge on any atom is -0.325 e. The molecule has 1 amide bonds. The van der Waals surface area contributed by atoms with Gasteiger partial charge < -0.3 is 11.1 Å². The first-order valence-electron chi connectivity index (χ1n) is 4.02. The van der Waals surface area contributed by atoms with Crippen molar-refractivity contribution in [2.75, 3.05) is 5.32 Å². The molecule has 0 bridgehead atoms. The number of rotatable bonds is 2. The van der Waals surface area contributed by atoms with Crippen LogP contribution in [0.4, 0.5) is 10.1 Å². The fourth-order valence-electron chi connectivity index (χ4n) is 0.830. The molecule has 0 saturated heterocycles. The van der Waals surface area contributed by atoms with Crippen LogP contribution in [0.15, 0.2) is 18.2 Å². The molecule has 0 fully saturated rings. The van der Waals surface area contributed by atoms with Crippen LogP contribution in [0.25, 0.3) is 0 Å². The first-order chi connectivity index (χ1) is 6.50. The molecule has 3 nitrogen and oxygen atoms in total. The topological polar surface area (TPSA) is 55.1 Å². The Bertz CT molecular complexity index is 355. The van der Waals surface area contributed by atoms with E-state index in [0.717, 1.165) is 0 Å². The van der Waals surface area contributed by atoms with E-state index in [0.29, 0.717) is 5.69 Å². The first kappa shape index (κ1) is 10.9. The second kappa shape index (κ2) is 4.39. The fraction of sp³-hybridized carbons (Fsp3) is 0.222. The smallest absolute Gasteiger partial charge is 0.240 e. The normalized spacial score (nSPS) is 12.3. The Morgan fingerprint density at radius 3 is 2.79 bits per heavy atom. The summed E-state index contributed by atoms with van der Waals surface area (Å²) in [5.41, 5.74) is 5.76. The summed E-state index contributed by atoms with van der Waals surface area (Å²) >= 11 is 5.52. The van der Waals surface area contributed by atoms with E-state index in [1.165, 1.54) is 18.2 Å². The van der Waals surface area contributed by atoms with Crippen molar-refractivity contribution in [3.63, 3.8) is 0 Å². The number of benzene rings is 1. The molecule has 3 N–H and O–H groups in total. The van der Waals surface area contributed by atoms with Crippen molar-refractivity contribution in [2.45, 2.75) is 13.0 Å². The van der Waals surface area contributed by atoms with E-state index in [1.54, 1.807) is 6.92 Å². The average Bonchev–Trinajstić information content (AvgIpc) is 2.11. The Kier molecular flexibility index (Phi) is 3.43. The van der Waals surface area contributed by atoms with Crippen LogP contribution >= 0.6 is 11.6 Å². The lowest BCUT2D eigenvalue weighted by atomic mass is 10.3. The number of nitrogens with two attached hydrogens (primary N) is 1. The van der Waals surface area contributed by atoms with Gasteiger partial charge in [-0.1, -0.05) is 11.6 Å². The van der Waals surface area contributed by atoms with E-state index >= 15 is 0 Å². The number of halogens is 2. The van der Waals surface area contributed by atoms with Crippen molar-refractivity contribution in [1.29, 1.82) is 0 Å². The molecule has 0 aliphatic heterocycles. The van der Waals surface area contributed by atoms with E-state index in [2.05, 4.69) is 5.32 Å². The highest BCUT2D eigenvalue weighted by Gasteiger charge is 2.08. The van der Waals surface area contributed by atoms with Crippen molar-refractivity contribution >= 4 is 23.2 Å². The quantitative estimate of drug-likeness (QED) is 0.792. The Morgan fingerprint density at radius 1 is 1.64 bits per heavy atom. The highest BCUT2D eigenvalue weighted by atomic mass is 35.5. The zero-order valence-corrected chi connectivity index (χ0v) is 8.31. The molecule has 0 aliphatic carbocycles. The summed E-state index contributed by atoms with van der Waals surface area (Å²) in [6.07, 6.45) is 0. The molecular formula is C9H10ClFN2O. The summed E-state index contributed by atoms with van der Waals surface area (Å²) in [4.78, 5) is 11.1. The SMILES string of the molecule is C[C@@H](N)C(=O)Nc1ccc(F)c(Cl)c1. The molecule has 5 heteroatoms. The molecule has 1 atom stereocenters. The Morgan fingerprint density at radius 2 is 2.29 bits per heavy atom. The maximum Gasteiger partial charge on any atom is 0.240 e.